The number of hydrogen-bond acceptors (Lipinski definition) is 5. The molecular weight excluding hydrogens is 307 g/mol. The molecule has 3 N–H and O–H groups in total. The van der Waals surface area contributed by atoms with Gasteiger partial charge >= 0.3 is 0 Å². The Hall–Kier alpha value is -2.64. The molecule has 1 fully saturated rings. The van der Waals surface area contributed by atoms with E-state index in [4.69, 9.17) is 13.6 Å². The van der Waals surface area contributed by atoms with E-state index in [1.54, 1.807) is 19.1 Å². The van der Waals surface area contributed by atoms with Gasteiger partial charge in [0.1, 0.15) is 13.7 Å². The number of amides is 2. The molecule has 1 aromatic carbocycles. The lowest BCUT2D eigenvalue weighted by Crippen LogP contribution is -2.58. The first-order chi connectivity index (χ1) is 11.3. The topological polar surface area (TPSA) is 107 Å². The molecule has 8 heteroatoms. The third kappa shape index (κ3) is 2.29. The van der Waals surface area contributed by atoms with E-state index >= 15 is 0 Å². The van der Waals surface area contributed by atoms with Gasteiger partial charge in [-0.3, -0.25) is 24.3 Å². The second kappa shape index (κ2) is 5.47. The monoisotopic (exact) mass is 324 g/mol. The van der Waals surface area contributed by atoms with E-state index < -0.39 is 22.8 Å². The molecule has 1 aromatic heterocycles. The van der Waals surface area contributed by atoms with Crippen molar-refractivity contribution in [2.75, 3.05) is 5.73 Å². The van der Waals surface area contributed by atoms with Crippen LogP contribution in [-0.4, -0.2) is 29.2 Å². The fraction of sp³-hybridized carbons (Fsp3) is 0.375. The number of rotatable bonds is 2. The molecule has 1 aliphatic heterocycles. The van der Waals surface area contributed by atoms with Crippen molar-refractivity contribution in [1.29, 1.82) is 0 Å². The number of aryl methyl sites for hydroxylation is 2. The number of nitrogens with one attached hydrogen (secondary N) is 1. The number of nitrogens with two attached hydrogens (primary N) is 1. The van der Waals surface area contributed by atoms with E-state index in [0.29, 0.717) is 17.0 Å². The maximum Gasteiger partial charge on any atom is 0.263 e. The number of benzene rings is 1. The van der Waals surface area contributed by atoms with Crippen LogP contribution in [-0.2, 0) is 21.4 Å². The van der Waals surface area contributed by atoms with Gasteiger partial charge in [0.2, 0.25) is 11.8 Å². The van der Waals surface area contributed by atoms with Gasteiger partial charge in [0, 0.05) is 12.1 Å². The molecule has 1 unspecified atom stereocenters. The molecule has 7 nitrogen and oxygen atoms in total. The second-order valence-corrected chi connectivity index (χ2v) is 6.03. The number of hydrogen-bond donors (Lipinski definition) is 2. The number of piperidine rings is 1. The summed E-state index contributed by atoms with van der Waals surface area (Å²) in [6.45, 7) is 3.58. The van der Waals surface area contributed by atoms with Crippen molar-refractivity contribution in [2.24, 2.45) is 0 Å². The minimum Gasteiger partial charge on any atom is -0.398 e. The molecule has 0 saturated carbocycles. The minimum absolute atomic E-state index is 0.0263. The van der Waals surface area contributed by atoms with E-state index in [1.807, 2.05) is 6.92 Å². The van der Waals surface area contributed by atoms with Crippen molar-refractivity contribution < 1.29 is 9.59 Å². The molecule has 24 heavy (non-hydrogen) atoms. The van der Waals surface area contributed by atoms with Crippen LogP contribution in [0.15, 0.2) is 16.9 Å². The zero-order valence-corrected chi connectivity index (χ0v) is 13.5. The van der Waals surface area contributed by atoms with Gasteiger partial charge in [-0.25, -0.2) is 4.98 Å². The smallest absolute Gasteiger partial charge is 0.263 e. The zero-order valence-electron chi connectivity index (χ0n) is 13.5. The molecule has 1 atom stereocenters. The van der Waals surface area contributed by atoms with Crippen LogP contribution >= 0.6 is 0 Å². The normalized spacial score (nSPS) is 21.1. The fourth-order valence-electron chi connectivity index (χ4n) is 3.12. The largest absolute Gasteiger partial charge is 0.398 e. The van der Waals surface area contributed by atoms with Crippen LogP contribution in [0, 0.1) is 6.92 Å². The van der Waals surface area contributed by atoms with Gasteiger partial charge < -0.3 is 5.73 Å². The highest BCUT2D eigenvalue weighted by Gasteiger charge is 2.41. The predicted octanol–water partition coefficient (Wildman–Crippen LogP) is 0.107. The van der Waals surface area contributed by atoms with Gasteiger partial charge in [-0.15, -0.1) is 0 Å². The van der Waals surface area contributed by atoms with Gasteiger partial charge in [-0.1, -0.05) is 6.92 Å². The Labute approximate surface area is 139 Å². The van der Waals surface area contributed by atoms with E-state index in [0.717, 1.165) is 16.6 Å². The summed E-state index contributed by atoms with van der Waals surface area (Å²) in [5, 5.41) is 2.41. The Balaban J connectivity index is 2.30. The third-order valence-electron chi connectivity index (χ3n) is 4.42. The molecule has 2 aromatic rings. The Morgan fingerprint density at radius 2 is 2.08 bits per heavy atom. The van der Waals surface area contributed by atoms with Crippen molar-refractivity contribution in [2.45, 2.75) is 38.5 Å². The van der Waals surface area contributed by atoms with Gasteiger partial charge in [-0.05, 0) is 37.5 Å². The molecule has 0 spiro atoms. The first kappa shape index (κ1) is 16.2. The van der Waals surface area contributed by atoms with Crippen LogP contribution in [0.25, 0.3) is 10.9 Å². The van der Waals surface area contributed by atoms with Crippen LogP contribution in [0.3, 0.4) is 0 Å². The van der Waals surface area contributed by atoms with Crippen LogP contribution in [0.4, 0.5) is 5.69 Å². The number of imide groups is 1. The third-order valence-corrected chi connectivity index (χ3v) is 4.42. The summed E-state index contributed by atoms with van der Waals surface area (Å²) in [5.41, 5.74) is 5.63. The summed E-state index contributed by atoms with van der Waals surface area (Å²) >= 11 is 0. The molecule has 0 bridgehead atoms. The molecule has 3 rings (SSSR count). The SMILES string of the molecule is [B]C1(n2c(C)nc3cc(CC)cc(N)c3c2=O)CCC(=O)NC1=O. The van der Waals surface area contributed by atoms with Gasteiger partial charge in [-0.2, -0.15) is 0 Å². The Morgan fingerprint density at radius 3 is 2.71 bits per heavy atom. The lowest BCUT2D eigenvalue weighted by molar-refractivity contribution is -0.137. The van der Waals surface area contributed by atoms with Gasteiger partial charge in [0.05, 0.1) is 16.3 Å². The zero-order chi connectivity index (χ0) is 17.6. The Kier molecular flexibility index (Phi) is 3.70. The summed E-state index contributed by atoms with van der Waals surface area (Å²) in [6, 6.07) is 3.52. The van der Waals surface area contributed by atoms with E-state index in [-0.39, 0.29) is 18.2 Å². The highest BCUT2D eigenvalue weighted by Crippen LogP contribution is 2.26. The number of anilines is 1. The van der Waals surface area contributed by atoms with Crippen molar-refractivity contribution in [3.8, 4) is 0 Å². The van der Waals surface area contributed by atoms with Crippen molar-refractivity contribution in [1.82, 2.24) is 14.9 Å². The minimum atomic E-state index is -1.66. The van der Waals surface area contributed by atoms with Crippen molar-refractivity contribution in [3.63, 3.8) is 0 Å². The number of nitrogen functional groups attached to an aromatic ring is 1. The first-order valence-electron chi connectivity index (χ1n) is 7.73. The highest BCUT2D eigenvalue weighted by atomic mass is 16.2. The molecule has 1 saturated heterocycles. The van der Waals surface area contributed by atoms with Crippen LogP contribution < -0.4 is 16.6 Å². The van der Waals surface area contributed by atoms with Gasteiger partial charge in [0.15, 0.2) is 0 Å². The highest BCUT2D eigenvalue weighted by molar-refractivity contribution is 6.28. The molecule has 2 radical (unpaired) electrons. The molecule has 0 aliphatic carbocycles. The average molecular weight is 324 g/mol. The first-order valence-corrected chi connectivity index (χ1v) is 7.73. The van der Waals surface area contributed by atoms with E-state index in [2.05, 4.69) is 10.3 Å². The molecule has 1 aliphatic rings. The van der Waals surface area contributed by atoms with Crippen LogP contribution in [0.2, 0.25) is 0 Å². The van der Waals surface area contributed by atoms with E-state index in [9.17, 15) is 14.4 Å². The summed E-state index contributed by atoms with van der Waals surface area (Å²) in [4.78, 5) is 41.1. The molecule has 122 valence electrons. The predicted molar refractivity (Wildman–Crippen MR) is 90.6 cm³/mol. The molecule has 2 amide bonds. The standard InChI is InChI=1S/C16H17BN4O3/c1-3-9-6-10(18)13-11(7-9)19-8(2)21(14(13)23)16(17)5-4-12(22)20-15(16)24/h6-7H,3-5,18H2,1-2H3,(H,20,22,24). The van der Waals surface area contributed by atoms with Gasteiger partial charge in [0.25, 0.3) is 5.56 Å². The Morgan fingerprint density at radius 1 is 1.38 bits per heavy atom. The lowest BCUT2D eigenvalue weighted by Gasteiger charge is -2.35. The summed E-state index contributed by atoms with van der Waals surface area (Å²) in [6.07, 6.45) is 0.838. The second-order valence-electron chi connectivity index (χ2n) is 6.03. The molecular formula is C16H17BN4O3. The quantitative estimate of drug-likeness (QED) is 0.463. The van der Waals surface area contributed by atoms with Crippen LogP contribution in [0.1, 0.15) is 31.2 Å². The molecule has 2 heterocycles. The summed E-state index contributed by atoms with van der Waals surface area (Å²) in [7, 11) is 6.20. The maximum absolute atomic E-state index is 13.0. The number of carbonyl (C=O) groups excluding carboxylic acids is 2. The van der Waals surface area contributed by atoms with Crippen molar-refractivity contribution >= 4 is 36.3 Å². The lowest BCUT2D eigenvalue weighted by atomic mass is 9.71. The number of aromatic nitrogens is 2. The van der Waals surface area contributed by atoms with Crippen LogP contribution in [0.5, 0.6) is 0 Å². The van der Waals surface area contributed by atoms with Crippen molar-refractivity contribution in [3.05, 3.63) is 33.9 Å². The fourth-order valence-corrected chi connectivity index (χ4v) is 3.12. The summed E-state index contributed by atoms with van der Waals surface area (Å²) < 4.78 is 1.14. The average Bonchev–Trinajstić information content (AvgIpc) is 2.50. The number of carbonyl (C=O) groups is 2. The Bertz CT molecular complexity index is 937. The number of fused-ring (bicyclic) bond motifs is 1. The number of nitrogens with zero attached hydrogens (tertiary/aromatic N) is 2. The maximum atomic E-state index is 13.0. The van der Waals surface area contributed by atoms with E-state index in [1.165, 1.54) is 0 Å². The summed E-state index contributed by atoms with van der Waals surface area (Å²) in [5.74, 6) is -0.825.